The van der Waals surface area contributed by atoms with Gasteiger partial charge in [-0.25, -0.2) is 0 Å². The summed E-state index contributed by atoms with van der Waals surface area (Å²) in [5, 5.41) is 14.8. The van der Waals surface area contributed by atoms with Crippen LogP contribution in [0.15, 0.2) is 17.5 Å². The zero-order valence-electron chi connectivity index (χ0n) is 10.2. The van der Waals surface area contributed by atoms with E-state index in [1.165, 1.54) is 22.6 Å². The first kappa shape index (κ1) is 12.4. The van der Waals surface area contributed by atoms with Crippen LogP contribution in [-0.2, 0) is 12.8 Å². The normalized spacial score (nSPS) is 13.6. The van der Waals surface area contributed by atoms with Gasteiger partial charge in [0.2, 0.25) is 0 Å². The fourth-order valence-corrected chi connectivity index (χ4v) is 4.20. The summed E-state index contributed by atoms with van der Waals surface area (Å²) >= 11 is 2.97. The van der Waals surface area contributed by atoms with Crippen molar-refractivity contribution in [3.05, 3.63) is 38.4 Å². The van der Waals surface area contributed by atoms with Gasteiger partial charge in [-0.1, -0.05) is 6.07 Å². The van der Waals surface area contributed by atoms with E-state index in [1.807, 2.05) is 11.4 Å². The number of amides is 1. The Morgan fingerprint density at radius 1 is 1.37 bits per heavy atom. The van der Waals surface area contributed by atoms with Crippen molar-refractivity contribution in [2.75, 3.05) is 5.32 Å². The van der Waals surface area contributed by atoms with E-state index in [4.69, 9.17) is 0 Å². The molecule has 3 nitrogen and oxygen atoms in total. The quantitative estimate of drug-likeness (QED) is 0.913. The van der Waals surface area contributed by atoms with Gasteiger partial charge in [0.15, 0.2) is 0 Å². The molecular weight excluding hydrogens is 276 g/mol. The van der Waals surface area contributed by atoms with Gasteiger partial charge in [-0.15, -0.1) is 22.7 Å². The summed E-state index contributed by atoms with van der Waals surface area (Å²) < 4.78 is 0. The van der Waals surface area contributed by atoms with Crippen LogP contribution < -0.4 is 5.32 Å². The summed E-state index contributed by atoms with van der Waals surface area (Å²) in [6.07, 6.45) is 4.31. The lowest BCUT2D eigenvalue weighted by atomic mass is 9.96. The molecule has 0 aliphatic heterocycles. The van der Waals surface area contributed by atoms with E-state index >= 15 is 0 Å². The van der Waals surface area contributed by atoms with Crippen LogP contribution in [0.1, 0.15) is 38.5 Å². The minimum atomic E-state index is -0.120. The van der Waals surface area contributed by atoms with Crippen LogP contribution in [-0.4, -0.2) is 5.91 Å². The topological polar surface area (TPSA) is 52.9 Å². The summed E-state index contributed by atoms with van der Waals surface area (Å²) in [6, 6.07) is 5.90. The highest BCUT2D eigenvalue weighted by Gasteiger charge is 2.22. The molecule has 0 unspecified atom stereocenters. The van der Waals surface area contributed by atoms with Crippen molar-refractivity contribution in [3.8, 4) is 6.07 Å². The Bertz CT molecular complexity index is 650. The highest BCUT2D eigenvalue weighted by atomic mass is 32.1. The van der Waals surface area contributed by atoms with Gasteiger partial charge in [0, 0.05) is 4.88 Å². The summed E-state index contributed by atoms with van der Waals surface area (Å²) in [5.41, 5.74) is 1.82. The second-order valence-corrected chi connectivity index (χ2v) is 6.51. The number of anilines is 1. The van der Waals surface area contributed by atoms with Gasteiger partial charge >= 0.3 is 0 Å². The Balaban J connectivity index is 1.91. The van der Waals surface area contributed by atoms with Crippen LogP contribution in [0.5, 0.6) is 0 Å². The Hall–Kier alpha value is -1.64. The summed E-state index contributed by atoms with van der Waals surface area (Å²) in [7, 11) is 0. The van der Waals surface area contributed by atoms with Crippen LogP contribution >= 0.6 is 22.7 Å². The summed E-state index contributed by atoms with van der Waals surface area (Å²) in [4.78, 5) is 14.0. The molecule has 3 rings (SSSR count). The maximum Gasteiger partial charge on any atom is 0.266 e. The number of nitriles is 1. The Morgan fingerprint density at radius 3 is 2.95 bits per heavy atom. The number of carbonyl (C=O) groups is 1. The Morgan fingerprint density at radius 2 is 2.21 bits per heavy atom. The Kier molecular flexibility index (Phi) is 3.36. The lowest BCUT2D eigenvalue weighted by Gasteiger charge is -2.09. The SMILES string of the molecule is N#Cc1c(NC(=O)c2cccs2)sc2c1CCCC2. The van der Waals surface area contributed by atoms with Gasteiger partial charge in [0.05, 0.1) is 10.4 Å². The monoisotopic (exact) mass is 288 g/mol. The second-order valence-electron chi connectivity index (χ2n) is 4.46. The molecule has 5 heteroatoms. The van der Waals surface area contributed by atoms with Gasteiger partial charge in [-0.3, -0.25) is 4.79 Å². The molecule has 2 aromatic heterocycles. The number of aryl methyl sites for hydroxylation is 1. The zero-order chi connectivity index (χ0) is 13.2. The predicted octanol–water partition coefficient (Wildman–Crippen LogP) is 3.81. The third-order valence-corrected chi connectivity index (χ3v) is 5.33. The highest BCUT2D eigenvalue weighted by Crippen LogP contribution is 2.37. The van der Waals surface area contributed by atoms with Crippen molar-refractivity contribution in [1.82, 2.24) is 0 Å². The molecule has 1 aliphatic rings. The lowest BCUT2D eigenvalue weighted by Crippen LogP contribution is -2.10. The molecule has 96 valence electrons. The fraction of sp³-hybridized carbons (Fsp3) is 0.286. The summed E-state index contributed by atoms with van der Waals surface area (Å²) in [6.45, 7) is 0. The summed E-state index contributed by atoms with van der Waals surface area (Å²) in [5.74, 6) is -0.120. The fourth-order valence-electron chi connectivity index (χ4n) is 2.34. The van der Waals surface area contributed by atoms with Crippen molar-refractivity contribution in [1.29, 1.82) is 5.26 Å². The second kappa shape index (κ2) is 5.16. The molecule has 0 fully saturated rings. The van der Waals surface area contributed by atoms with Crippen LogP contribution in [0.4, 0.5) is 5.00 Å². The van der Waals surface area contributed by atoms with Gasteiger partial charge in [-0.2, -0.15) is 5.26 Å². The van der Waals surface area contributed by atoms with Gasteiger partial charge < -0.3 is 5.32 Å². The van der Waals surface area contributed by atoms with Crippen molar-refractivity contribution in [3.63, 3.8) is 0 Å². The molecule has 0 bridgehead atoms. The molecule has 0 saturated heterocycles. The third kappa shape index (κ3) is 2.29. The van der Waals surface area contributed by atoms with Crippen LogP contribution in [0.3, 0.4) is 0 Å². The van der Waals surface area contributed by atoms with Crippen LogP contribution in [0.2, 0.25) is 0 Å². The first-order valence-electron chi connectivity index (χ1n) is 6.19. The van der Waals surface area contributed by atoms with Crippen LogP contribution in [0.25, 0.3) is 0 Å². The average Bonchev–Trinajstić information content (AvgIpc) is 3.05. The molecule has 0 aromatic carbocycles. The molecule has 1 N–H and O–H groups in total. The van der Waals surface area contributed by atoms with E-state index in [9.17, 15) is 10.1 Å². The molecule has 0 saturated carbocycles. The molecule has 0 radical (unpaired) electrons. The van der Waals surface area contributed by atoms with E-state index in [1.54, 1.807) is 17.4 Å². The van der Waals surface area contributed by atoms with Crippen LogP contribution in [0, 0.1) is 11.3 Å². The molecule has 19 heavy (non-hydrogen) atoms. The predicted molar refractivity (Wildman–Crippen MR) is 77.9 cm³/mol. The smallest absolute Gasteiger partial charge is 0.266 e. The number of hydrogen-bond donors (Lipinski definition) is 1. The molecular formula is C14H12N2OS2. The zero-order valence-corrected chi connectivity index (χ0v) is 11.9. The van der Waals surface area contributed by atoms with Crippen molar-refractivity contribution < 1.29 is 4.79 Å². The lowest BCUT2D eigenvalue weighted by molar-refractivity contribution is 0.103. The molecule has 2 aromatic rings. The van der Waals surface area contributed by atoms with Gasteiger partial charge in [-0.05, 0) is 42.7 Å². The van der Waals surface area contributed by atoms with E-state index < -0.39 is 0 Å². The van der Waals surface area contributed by atoms with Crippen molar-refractivity contribution in [2.24, 2.45) is 0 Å². The number of nitrogens with zero attached hydrogens (tertiary/aromatic N) is 1. The number of nitrogens with one attached hydrogen (secondary N) is 1. The van der Waals surface area contributed by atoms with Crippen molar-refractivity contribution in [2.45, 2.75) is 25.7 Å². The number of thiophene rings is 2. The third-order valence-electron chi connectivity index (χ3n) is 3.26. The molecule has 0 atom stereocenters. The minimum absolute atomic E-state index is 0.120. The van der Waals surface area contributed by atoms with Crippen molar-refractivity contribution >= 4 is 33.6 Å². The first-order chi connectivity index (χ1) is 9.29. The number of carbonyl (C=O) groups excluding carboxylic acids is 1. The number of fused-ring (bicyclic) bond motifs is 1. The molecule has 0 spiro atoms. The minimum Gasteiger partial charge on any atom is -0.312 e. The van der Waals surface area contributed by atoms with E-state index in [0.29, 0.717) is 15.4 Å². The molecule has 1 amide bonds. The van der Waals surface area contributed by atoms with E-state index in [2.05, 4.69) is 11.4 Å². The van der Waals surface area contributed by atoms with Gasteiger partial charge in [0.1, 0.15) is 11.1 Å². The maximum atomic E-state index is 12.1. The highest BCUT2D eigenvalue weighted by molar-refractivity contribution is 7.17. The average molecular weight is 288 g/mol. The van der Waals surface area contributed by atoms with E-state index in [0.717, 1.165) is 24.8 Å². The Labute approximate surface area is 119 Å². The molecule has 2 heterocycles. The maximum absolute atomic E-state index is 12.1. The number of hydrogen-bond acceptors (Lipinski definition) is 4. The molecule has 1 aliphatic carbocycles. The standard InChI is InChI=1S/C14H12N2OS2/c15-8-10-9-4-1-2-5-11(9)19-14(10)16-13(17)12-6-3-7-18-12/h3,6-7H,1-2,4-5H2,(H,16,17). The number of rotatable bonds is 2. The van der Waals surface area contributed by atoms with Gasteiger partial charge in [0.25, 0.3) is 5.91 Å². The first-order valence-corrected chi connectivity index (χ1v) is 7.88. The van der Waals surface area contributed by atoms with E-state index in [-0.39, 0.29) is 5.91 Å². The largest absolute Gasteiger partial charge is 0.312 e.